The predicted molar refractivity (Wildman–Crippen MR) is 54.3 cm³/mol. The molecule has 1 N–H and O–H groups in total. The Morgan fingerprint density at radius 3 is 2.54 bits per heavy atom. The maximum absolute atomic E-state index is 11.4. The molecule has 1 unspecified atom stereocenters. The van der Waals surface area contributed by atoms with E-state index in [4.69, 9.17) is 4.78 Å². The van der Waals surface area contributed by atoms with Crippen molar-refractivity contribution in [2.75, 3.05) is 5.75 Å². The highest BCUT2D eigenvalue weighted by Crippen LogP contribution is 2.29. The molecule has 2 atom stereocenters. The van der Waals surface area contributed by atoms with Crippen LogP contribution < -0.4 is 0 Å². The summed E-state index contributed by atoms with van der Waals surface area (Å²) in [5.74, 6) is 0.602. The van der Waals surface area contributed by atoms with Crippen LogP contribution in [0.3, 0.4) is 0 Å². The molecule has 2 nitrogen and oxygen atoms in total. The van der Waals surface area contributed by atoms with Crippen LogP contribution in [-0.2, 0) is 16.5 Å². The van der Waals surface area contributed by atoms with Crippen molar-refractivity contribution in [2.24, 2.45) is 0 Å². The molecule has 70 valence electrons. The van der Waals surface area contributed by atoms with Gasteiger partial charge in [-0.15, -0.1) is 0 Å². The van der Waals surface area contributed by atoms with Crippen molar-refractivity contribution in [1.82, 2.24) is 0 Å². The van der Waals surface area contributed by atoms with Gasteiger partial charge in [0.05, 0.1) is 5.75 Å². The predicted octanol–water partition coefficient (Wildman–Crippen LogP) is 2.05. The highest BCUT2D eigenvalue weighted by atomic mass is 32.3. The maximum atomic E-state index is 11.4. The Morgan fingerprint density at radius 2 is 2.08 bits per heavy atom. The molecule has 1 heterocycles. The molecule has 1 saturated heterocycles. The van der Waals surface area contributed by atoms with Gasteiger partial charge in [0.1, 0.15) is 5.25 Å². The number of hydrogen-bond acceptors (Lipinski definition) is 2. The lowest BCUT2D eigenvalue weighted by atomic mass is 10.1. The van der Waals surface area contributed by atoms with Gasteiger partial charge in [-0.05, 0) is 5.56 Å². The van der Waals surface area contributed by atoms with Gasteiger partial charge in [-0.25, -0.2) is 0 Å². The third-order valence-electron chi connectivity index (χ3n) is 2.59. The van der Waals surface area contributed by atoms with Crippen LogP contribution in [0.1, 0.15) is 12.0 Å². The lowest BCUT2D eigenvalue weighted by molar-refractivity contribution is 0.528. The molecule has 0 radical (unpaired) electrons. The van der Waals surface area contributed by atoms with E-state index in [9.17, 15) is 4.55 Å². The van der Waals surface area contributed by atoms with Gasteiger partial charge in [-0.2, -0.15) is 4.78 Å². The Hall–Kier alpha value is -0.670. The second-order valence-corrected chi connectivity index (χ2v) is 6.06. The van der Waals surface area contributed by atoms with Gasteiger partial charge >= 0.3 is 0 Å². The minimum Gasteiger partial charge on any atom is -0.631 e. The molecule has 1 aromatic carbocycles. The lowest BCUT2D eigenvalue weighted by Gasteiger charge is -2.37. The molecule has 0 saturated carbocycles. The molecule has 0 amide bonds. The van der Waals surface area contributed by atoms with E-state index in [1.54, 1.807) is 0 Å². The fraction of sp³-hybridized carbons (Fsp3) is 0.400. The first-order valence-corrected chi connectivity index (χ1v) is 6.27. The van der Waals surface area contributed by atoms with Crippen LogP contribution in [-0.4, -0.2) is 15.6 Å². The Kier molecular flexibility index (Phi) is 2.22. The summed E-state index contributed by atoms with van der Waals surface area (Å²) in [6.45, 7) is 0. The molecule has 2 rings (SSSR count). The number of rotatable bonds is 2. The Balaban J connectivity index is 2.04. The van der Waals surface area contributed by atoms with E-state index in [2.05, 4.69) is 0 Å². The Labute approximate surface area is 79.7 Å². The summed E-state index contributed by atoms with van der Waals surface area (Å²) in [7, 11) is -2.22. The molecular formula is C10H13NOS. The Morgan fingerprint density at radius 1 is 1.38 bits per heavy atom. The molecule has 1 aliphatic rings. The molecule has 1 aliphatic heterocycles. The minimum absolute atomic E-state index is 0.106. The van der Waals surface area contributed by atoms with E-state index < -0.39 is 10.1 Å². The van der Waals surface area contributed by atoms with E-state index in [0.29, 0.717) is 5.75 Å². The zero-order valence-corrected chi connectivity index (χ0v) is 8.22. The average Bonchev–Trinajstić information content (AvgIpc) is 2.15. The van der Waals surface area contributed by atoms with Crippen molar-refractivity contribution in [3.05, 3.63) is 35.9 Å². The fourth-order valence-electron chi connectivity index (χ4n) is 1.61. The van der Waals surface area contributed by atoms with Crippen molar-refractivity contribution in [2.45, 2.75) is 18.1 Å². The molecule has 1 fully saturated rings. The van der Waals surface area contributed by atoms with Crippen molar-refractivity contribution < 1.29 is 4.55 Å². The SMILES string of the molecule is N=[S+]1([O-])CC[C@H]1Cc1ccccc1. The first-order valence-electron chi connectivity index (χ1n) is 4.48. The highest BCUT2D eigenvalue weighted by molar-refractivity contribution is 8.00. The molecule has 1 aromatic rings. The topological polar surface area (TPSA) is 46.9 Å². The third-order valence-corrected chi connectivity index (χ3v) is 4.91. The third kappa shape index (κ3) is 1.81. The van der Waals surface area contributed by atoms with Gasteiger partial charge in [0, 0.05) is 12.8 Å². The minimum atomic E-state index is -2.22. The smallest absolute Gasteiger partial charge is 0.109 e. The molecule has 0 aromatic heterocycles. The zero-order chi connectivity index (χ0) is 9.31. The van der Waals surface area contributed by atoms with E-state index in [-0.39, 0.29) is 5.25 Å². The quantitative estimate of drug-likeness (QED) is 0.721. The number of benzene rings is 1. The number of nitrogens with one attached hydrogen (secondary N) is 1. The van der Waals surface area contributed by atoms with Crippen LogP contribution in [0.5, 0.6) is 0 Å². The van der Waals surface area contributed by atoms with E-state index in [1.165, 1.54) is 5.56 Å². The highest BCUT2D eigenvalue weighted by Gasteiger charge is 2.36. The monoisotopic (exact) mass is 195 g/mol. The summed E-state index contributed by atoms with van der Waals surface area (Å²) in [4.78, 5) is 0. The molecule has 0 bridgehead atoms. The average molecular weight is 195 g/mol. The van der Waals surface area contributed by atoms with Gasteiger partial charge in [0.25, 0.3) is 0 Å². The standard InChI is InChI=1S/C10H13NOS/c11-13(12)7-6-10(13)8-9-4-2-1-3-5-9/h1-5,10H,6-8H2,(H-,11,12)/t10-,13?/m0/s1. The van der Waals surface area contributed by atoms with Crippen LogP contribution in [0.2, 0.25) is 0 Å². The van der Waals surface area contributed by atoms with Gasteiger partial charge in [0.15, 0.2) is 0 Å². The largest absolute Gasteiger partial charge is 0.631 e. The first kappa shape index (κ1) is 8.91. The van der Waals surface area contributed by atoms with Crippen molar-refractivity contribution in [3.63, 3.8) is 0 Å². The zero-order valence-electron chi connectivity index (χ0n) is 7.40. The van der Waals surface area contributed by atoms with Crippen LogP contribution in [0.15, 0.2) is 30.3 Å². The van der Waals surface area contributed by atoms with Crippen molar-refractivity contribution in [1.29, 1.82) is 4.78 Å². The molecule has 0 aliphatic carbocycles. The maximum Gasteiger partial charge on any atom is 0.109 e. The van der Waals surface area contributed by atoms with Crippen molar-refractivity contribution >= 4 is 10.1 Å². The van der Waals surface area contributed by atoms with E-state index >= 15 is 0 Å². The second-order valence-electron chi connectivity index (χ2n) is 3.53. The van der Waals surface area contributed by atoms with Crippen molar-refractivity contribution in [3.8, 4) is 0 Å². The van der Waals surface area contributed by atoms with Crippen LogP contribution in [0, 0.1) is 4.78 Å². The first-order chi connectivity index (χ1) is 6.18. The lowest BCUT2D eigenvalue weighted by Crippen LogP contribution is -2.43. The van der Waals surface area contributed by atoms with Gasteiger partial charge in [-0.3, -0.25) is 0 Å². The Bertz CT molecular complexity index is 336. The summed E-state index contributed by atoms with van der Waals surface area (Å²) in [6, 6.07) is 10.0. The molecular weight excluding hydrogens is 182 g/mol. The fourth-order valence-corrected chi connectivity index (χ4v) is 3.07. The summed E-state index contributed by atoms with van der Waals surface area (Å²) in [6.07, 6.45) is 1.76. The molecule has 0 spiro atoms. The summed E-state index contributed by atoms with van der Waals surface area (Å²) in [5.41, 5.74) is 1.20. The van der Waals surface area contributed by atoms with Gasteiger partial charge < -0.3 is 4.55 Å². The summed E-state index contributed by atoms with van der Waals surface area (Å²) < 4.78 is 18.9. The molecule has 3 heteroatoms. The summed E-state index contributed by atoms with van der Waals surface area (Å²) >= 11 is 0. The molecule has 13 heavy (non-hydrogen) atoms. The van der Waals surface area contributed by atoms with Gasteiger partial charge in [0.2, 0.25) is 0 Å². The number of hydrogen-bond donors (Lipinski definition) is 1. The normalized spacial score (nSPS) is 32.5. The van der Waals surface area contributed by atoms with E-state index in [1.807, 2.05) is 30.3 Å². The van der Waals surface area contributed by atoms with Crippen LogP contribution in [0.4, 0.5) is 0 Å². The second kappa shape index (κ2) is 3.24. The van der Waals surface area contributed by atoms with E-state index in [0.717, 1.165) is 12.8 Å². The van der Waals surface area contributed by atoms with Crippen LogP contribution >= 0.6 is 0 Å². The van der Waals surface area contributed by atoms with Gasteiger partial charge in [-0.1, -0.05) is 40.4 Å². The summed E-state index contributed by atoms with van der Waals surface area (Å²) in [5, 5.41) is 0.106. The van der Waals surface area contributed by atoms with Crippen LogP contribution in [0.25, 0.3) is 0 Å².